The van der Waals surface area contributed by atoms with Crippen molar-refractivity contribution in [3.63, 3.8) is 0 Å². The van der Waals surface area contributed by atoms with Gasteiger partial charge in [-0.1, -0.05) is 53.7 Å². The Labute approximate surface area is 211 Å². The van der Waals surface area contributed by atoms with Crippen LogP contribution in [0.25, 0.3) is 0 Å². The predicted octanol–water partition coefficient (Wildman–Crippen LogP) is 6.01. The lowest BCUT2D eigenvalue weighted by molar-refractivity contribution is -0.144. The van der Waals surface area contributed by atoms with Crippen molar-refractivity contribution >= 4 is 17.8 Å². The molecule has 3 rings (SSSR count). The summed E-state index contributed by atoms with van der Waals surface area (Å²) in [6, 6.07) is 7.11. The van der Waals surface area contributed by atoms with Gasteiger partial charge in [0.2, 0.25) is 0 Å². The Kier molecular flexibility index (Phi) is 7.73. The van der Waals surface area contributed by atoms with E-state index in [-0.39, 0.29) is 28.9 Å². The molecule has 6 nitrogen and oxygen atoms in total. The maximum absolute atomic E-state index is 13.3. The van der Waals surface area contributed by atoms with E-state index in [9.17, 15) is 14.4 Å². The van der Waals surface area contributed by atoms with E-state index in [2.05, 4.69) is 46.9 Å². The van der Waals surface area contributed by atoms with E-state index in [1.807, 2.05) is 30.9 Å². The molecule has 1 aromatic rings. The largest absolute Gasteiger partial charge is 0.459 e. The summed E-state index contributed by atoms with van der Waals surface area (Å²) in [4.78, 5) is 40.3. The summed E-state index contributed by atoms with van der Waals surface area (Å²) < 4.78 is 5.33. The highest BCUT2D eigenvalue weighted by Gasteiger charge is 2.54. The number of nitrogens with zero attached hydrogens (tertiary/aromatic N) is 1. The van der Waals surface area contributed by atoms with E-state index in [1.54, 1.807) is 12.1 Å². The van der Waals surface area contributed by atoms with Crippen molar-refractivity contribution in [3.8, 4) is 0 Å². The Morgan fingerprint density at radius 3 is 2.11 bits per heavy atom. The van der Waals surface area contributed by atoms with Crippen LogP contribution in [0.2, 0.25) is 0 Å². The van der Waals surface area contributed by atoms with Crippen molar-refractivity contribution < 1.29 is 19.1 Å². The number of hydrogen-bond donors (Lipinski definition) is 1. The van der Waals surface area contributed by atoms with Crippen molar-refractivity contribution in [1.82, 2.24) is 10.2 Å². The Balaban J connectivity index is 1.95. The molecule has 0 aromatic heterocycles. The minimum absolute atomic E-state index is 0.0799. The third-order valence-electron chi connectivity index (χ3n) is 7.61. The molecule has 2 amide bonds. The first kappa shape index (κ1) is 27.2. The number of amides is 2. The molecule has 1 aliphatic heterocycles. The Morgan fingerprint density at radius 1 is 1.06 bits per heavy atom. The summed E-state index contributed by atoms with van der Waals surface area (Å²) in [6.45, 7) is 17.0. The molecule has 1 aliphatic carbocycles. The van der Waals surface area contributed by atoms with Crippen molar-refractivity contribution in [2.75, 3.05) is 0 Å². The number of rotatable bonds is 6. The molecule has 1 saturated carbocycles. The third kappa shape index (κ3) is 6.25. The Bertz CT molecular complexity index is 929. The highest BCUT2D eigenvalue weighted by Crippen LogP contribution is 2.47. The topological polar surface area (TPSA) is 75.7 Å². The Hall–Kier alpha value is -2.37. The molecule has 1 aromatic carbocycles. The van der Waals surface area contributed by atoms with Crippen molar-refractivity contribution in [3.05, 3.63) is 35.4 Å². The molecule has 1 N–H and O–H groups in total. The van der Waals surface area contributed by atoms with Crippen LogP contribution in [0.3, 0.4) is 0 Å². The van der Waals surface area contributed by atoms with E-state index in [1.165, 1.54) is 0 Å². The van der Waals surface area contributed by atoms with Gasteiger partial charge >= 0.3 is 17.8 Å². The molecule has 35 heavy (non-hydrogen) atoms. The minimum Gasteiger partial charge on any atom is -0.459 e. The van der Waals surface area contributed by atoms with Gasteiger partial charge in [-0.3, -0.25) is 9.59 Å². The van der Waals surface area contributed by atoms with Gasteiger partial charge < -0.3 is 15.0 Å². The van der Waals surface area contributed by atoms with Gasteiger partial charge in [-0.05, 0) is 86.8 Å². The fraction of sp³-hybridized carbons (Fsp3) is 0.690. The van der Waals surface area contributed by atoms with Crippen LogP contribution in [0.4, 0.5) is 0 Å². The van der Waals surface area contributed by atoms with Crippen LogP contribution in [-0.4, -0.2) is 34.5 Å². The summed E-state index contributed by atoms with van der Waals surface area (Å²) in [5.41, 5.74) is 1.06. The van der Waals surface area contributed by atoms with Crippen LogP contribution >= 0.6 is 0 Å². The second-order valence-corrected chi connectivity index (χ2v) is 13.0. The van der Waals surface area contributed by atoms with Crippen LogP contribution < -0.4 is 5.32 Å². The summed E-state index contributed by atoms with van der Waals surface area (Å²) in [5.74, 6) is -0.746. The van der Waals surface area contributed by atoms with Crippen LogP contribution in [-0.2, 0) is 14.3 Å². The third-order valence-corrected chi connectivity index (χ3v) is 7.61. The second kappa shape index (κ2) is 9.94. The zero-order valence-corrected chi connectivity index (χ0v) is 22.9. The molecular weight excluding hydrogens is 440 g/mol. The molecule has 2 fully saturated rings. The lowest BCUT2D eigenvalue weighted by atomic mass is 9.69. The van der Waals surface area contributed by atoms with Crippen molar-refractivity contribution in [2.24, 2.45) is 16.7 Å². The molecule has 194 valence electrons. The monoisotopic (exact) mass is 484 g/mol. The van der Waals surface area contributed by atoms with Crippen molar-refractivity contribution in [2.45, 2.75) is 112 Å². The average Bonchev–Trinajstić information content (AvgIpc) is 2.97. The van der Waals surface area contributed by atoms with Gasteiger partial charge in [0.15, 0.2) is 0 Å². The Morgan fingerprint density at radius 2 is 1.63 bits per heavy atom. The van der Waals surface area contributed by atoms with Gasteiger partial charge in [-0.2, -0.15) is 0 Å². The fourth-order valence-electron chi connectivity index (χ4n) is 5.53. The minimum atomic E-state index is -0.645. The van der Waals surface area contributed by atoms with Gasteiger partial charge in [0.25, 0.3) is 0 Å². The van der Waals surface area contributed by atoms with Gasteiger partial charge in [0, 0.05) is 0 Å². The quantitative estimate of drug-likeness (QED) is 0.396. The molecule has 1 saturated heterocycles. The first-order valence-electron chi connectivity index (χ1n) is 13.1. The average molecular weight is 485 g/mol. The van der Waals surface area contributed by atoms with Gasteiger partial charge in [0.1, 0.15) is 5.66 Å². The highest BCUT2D eigenvalue weighted by molar-refractivity contribution is 6.37. The smallest absolute Gasteiger partial charge is 0.338 e. The SMILES string of the molecule is CC(C)OC(=O)c1ccc(C(CCC(C)(C)C)N2C(=O)C(=O)NC23CCC(C(C)(C)C)CC3)cc1. The number of benzene rings is 1. The van der Waals surface area contributed by atoms with E-state index in [0.717, 1.165) is 44.1 Å². The van der Waals surface area contributed by atoms with Gasteiger partial charge in [0.05, 0.1) is 17.7 Å². The van der Waals surface area contributed by atoms with E-state index < -0.39 is 17.5 Å². The molecule has 0 radical (unpaired) electrons. The number of esters is 1. The summed E-state index contributed by atoms with van der Waals surface area (Å²) in [6.07, 6.45) is 4.91. The number of carbonyl (C=O) groups excluding carboxylic acids is 3. The number of ether oxygens (including phenoxy) is 1. The molecule has 6 heteroatoms. The molecular formula is C29H44N2O4. The lowest BCUT2D eigenvalue weighted by Crippen LogP contribution is -2.56. The number of carbonyl (C=O) groups is 3. The van der Waals surface area contributed by atoms with Crippen LogP contribution in [0.1, 0.15) is 116 Å². The van der Waals surface area contributed by atoms with Crippen LogP contribution in [0.15, 0.2) is 24.3 Å². The molecule has 1 spiro atoms. The number of nitrogens with one attached hydrogen (secondary N) is 1. The molecule has 1 atom stereocenters. The van der Waals surface area contributed by atoms with E-state index in [0.29, 0.717) is 11.5 Å². The zero-order chi connectivity index (χ0) is 26.2. The summed E-state index contributed by atoms with van der Waals surface area (Å²) >= 11 is 0. The standard InChI is InChI=1S/C29H44N2O4/c1-19(2)35-26(34)21-11-9-20(10-12-21)23(15-16-27(3,4)5)31-25(33)24(32)30-29(31)17-13-22(14-18-29)28(6,7)8/h9-12,19,22-23H,13-18H2,1-8H3,(H,30,32). The lowest BCUT2D eigenvalue weighted by Gasteiger charge is -2.48. The molecule has 1 unspecified atom stereocenters. The molecule has 2 aliphatic rings. The predicted molar refractivity (Wildman–Crippen MR) is 138 cm³/mol. The fourth-order valence-corrected chi connectivity index (χ4v) is 5.53. The van der Waals surface area contributed by atoms with Crippen LogP contribution in [0, 0.1) is 16.7 Å². The van der Waals surface area contributed by atoms with Gasteiger partial charge in [-0.25, -0.2) is 4.79 Å². The normalized spacial score (nSPS) is 24.1. The second-order valence-electron chi connectivity index (χ2n) is 13.0. The molecule has 1 heterocycles. The van der Waals surface area contributed by atoms with Crippen molar-refractivity contribution in [1.29, 1.82) is 0 Å². The first-order valence-corrected chi connectivity index (χ1v) is 13.1. The van der Waals surface area contributed by atoms with E-state index >= 15 is 0 Å². The number of hydrogen-bond acceptors (Lipinski definition) is 4. The zero-order valence-electron chi connectivity index (χ0n) is 22.9. The highest BCUT2D eigenvalue weighted by atomic mass is 16.5. The van der Waals surface area contributed by atoms with Crippen LogP contribution in [0.5, 0.6) is 0 Å². The molecule has 0 bridgehead atoms. The summed E-state index contributed by atoms with van der Waals surface area (Å²) in [5, 5.41) is 3.10. The maximum Gasteiger partial charge on any atom is 0.338 e. The van der Waals surface area contributed by atoms with E-state index in [4.69, 9.17) is 4.74 Å². The maximum atomic E-state index is 13.3. The summed E-state index contributed by atoms with van der Waals surface area (Å²) in [7, 11) is 0. The van der Waals surface area contributed by atoms with Gasteiger partial charge in [-0.15, -0.1) is 0 Å². The first-order chi connectivity index (χ1) is 16.1.